The largest absolute Gasteiger partial charge is 0.383 e. The number of ether oxygens (including phenoxy) is 1. The first-order chi connectivity index (χ1) is 10.9. The van der Waals surface area contributed by atoms with Gasteiger partial charge in [-0.1, -0.05) is 18.2 Å². The van der Waals surface area contributed by atoms with E-state index in [0.29, 0.717) is 18.0 Å². The van der Waals surface area contributed by atoms with Gasteiger partial charge in [0, 0.05) is 32.6 Å². The zero-order valence-corrected chi connectivity index (χ0v) is 14.5. The van der Waals surface area contributed by atoms with Crippen LogP contribution in [0, 0.1) is 13.8 Å². The quantitative estimate of drug-likeness (QED) is 0.781. The molecule has 0 aliphatic heterocycles. The summed E-state index contributed by atoms with van der Waals surface area (Å²) in [5, 5.41) is 0. The lowest BCUT2D eigenvalue weighted by Gasteiger charge is -2.23. The summed E-state index contributed by atoms with van der Waals surface area (Å²) in [6.45, 7) is 4.60. The van der Waals surface area contributed by atoms with Crippen molar-refractivity contribution in [1.82, 2.24) is 9.29 Å². The Morgan fingerprint density at radius 2 is 2.00 bits per heavy atom. The number of hydrogen-bond acceptors (Lipinski definition) is 4. The van der Waals surface area contributed by atoms with E-state index < -0.39 is 10.0 Å². The Labute approximate surface area is 138 Å². The molecule has 23 heavy (non-hydrogen) atoms. The topological polar surface area (TPSA) is 59.5 Å². The molecule has 1 aromatic carbocycles. The van der Waals surface area contributed by atoms with Crippen molar-refractivity contribution in [3.63, 3.8) is 0 Å². The maximum Gasteiger partial charge on any atom is 0.243 e. The number of nitrogens with zero attached hydrogens (tertiary/aromatic N) is 2. The van der Waals surface area contributed by atoms with Gasteiger partial charge in [0.1, 0.15) is 0 Å². The van der Waals surface area contributed by atoms with Crippen molar-refractivity contribution in [3.8, 4) is 0 Å². The molecule has 0 aliphatic rings. The van der Waals surface area contributed by atoms with Crippen LogP contribution in [0.3, 0.4) is 0 Å². The molecule has 0 fully saturated rings. The van der Waals surface area contributed by atoms with Crippen LogP contribution < -0.4 is 0 Å². The molecule has 2 aromatic rings. The van der Waals surface area contributed by atoms with E-state index in [1.54, 1.807) is 31.6 Å². The summed E-state index contributed by atoms with van der Waals surface area (Å²) >= 11 is 0. The maximum atomic E-state index is 13.1. The van der Waals surface area contributed by atoms with Crippen molar-refractivity contribution in [2.45, 2.75) is 25.3 Å². The van der Waals surface area contributed by atoms with Crippen LogP contribution in [0.25, 0.3) is 0 Å². The number of aromatic nitrogens is 1. The molecule has 0 N–H and O–H groups in total. The highest BCUT2D eigenvalue weighted by Gasteiger charge is 2.26. The van der Waals surface area contributed by atoms with Crippen molar-refractivity contribution in [2.24, 2.45) is 0 Å². The highest BCUT2D eigenvalue weighted by Crippen LogP contribution is 2.22. The Balaban J connectivity index is 2.38. The first-order valence-electron chi connectivity index (χ1n) is 7.40. The first-order valence-corrected chi connectivity index (χ1v) is 8.84. The number of sulfonamides is 1. The second kappa shape index (κ2) is 7.68. The molecular weight excluding hydrogens is 312 g/mol. The third-order valence-corrected chi connectivity index (χ3v) is 5.58. The lowest BCUT2D eigenvalue weighted by molar-refractivity contribution is 0.177. The molecular formula is C17H22N2O3S. The molecule has 0 unspecified atom stereocenters. The van der Waals surface area contributed by atoms with Gasteiger partial charge in [-0.05, 0) is 42.7 Å². The molecule has 5 nitrogen and oxygen atoms in total. The average molecular weight is 334 g/mol. The summed E-state index contributed by atoms with van der Waals surface area (Å²) in [5.74, 6) is 0. The zero-order valence-electron chi connectivity index (χ0n) is 13.7. The summed E-state index contributed by atoms with van der Waals surface area (Å²) in [4.78, 5) is 4.40. The van der Waals surface area contributed by atoms with Crippen molar-refractivity contribution in [3.05, 3.63) is 59.4 Å². The molecule has 0 amide bonds. The van der Waals surface area contributed by atoms with E-state index in [2.05, 4.69) is 4.98 Å². The fraction of sp³-hybridized carbons (Fsp3) is 0.353. The molecule has 0 radical (unpaired) electrons. The van der Waals surface area contributed by atoms with Gasteiger partial charge >= 0.3 is 0 Å². The minimum absolute atomic E-state index is 0.271. The van der Waals surface area contributed by atoms with Crippen LogP contribution >= 0.6 is 0 Å². The molecule has 6 heteroatoms. The summed E-state index contributed by atoms with van der Waals surface area (Å²) < 4.78 is 32.6. The van der Waals surface area contributed by atoms with Gasteiger partial charge in [-0.3, -0.25) is 4.98 Å². The molecule has 0 saturated carbocycles. The Bertz CT molecular complexity index is 746. The van der Waals surface area contributed by atoms with Crippen molar-refractivity contribution in [2.75, 3.05) is 20.3 Å². The van der Waals surface area contributed by atoms with Crippen LogP contribution in [-0.2, 0) is 21.3 Å². The highest BCUT2D eigenvalue weighted by atomic mass is 32.2. The Kier molecular flexibility index (Phi) is 5.87. The first kappa shape index (κ1) is 17.6. The van der Waals surface area contributed by atoms with Crippen LogP contribution in [-0.4, -0.2) is 38.0 Å². The lowest BCUT2D eigenvalue weighted by atomic mass is 10.2. The Morgan fingerprint density at radius 1 is 1.22 bits per heavy atom. The molecule has 124 valence electrons. The van der Waals surface area contributed by atoms with Gasteiger partial charge in [0.25, 0.3) is 0 Å². The van der Waals surface area contributed by atoms with Gasteiger partial charge in [-0.15, -0.1) is 0 Å². The number of methoxy groups -OCH3 is 1. The summed E-state index contributed by atoms with van der Waals surface area (Å²) in [7, 11) is -2.04. The van der Waals surface area contributed by atoms with E-state index in [-0.39, 0.29) is 6.54 Å². The number of rotatable bonds is 7. The van der Waals surface area contributed by atoms with E-state index in [4.69, 9.17) is 4.74 Å². The molecule has 0 atom stereocenters. The normalized spacial score (nSPS) is 11.8. The van der Waals surface area contributed by atoms with Crippen molar-refractivity contribution < 1.29 is 13.2 Å². The fourth-order valence-corrected chi connectivity index (χ4v) is 4.02. The highest BCUT2D eigenvalue weighted by molar-refractivity contribution is 7.89. The van der Waals surface area contributed by atoms with E-state index in [1.165, 1.54) is 4.31 Å². The second-order valence-electron chi connectivity index (χ2n) is 5.46. The van der Waals surface area contributed by atoms with Gasteiger partial charge in [0.05, 0.1) is 11.5 Å². The number of hydrogen-bond donors (Lipinski definition) is 0. The summed E-state index contributed by atoms with van der Waals surface area (Å²) in [6.07, 6.45) is 3.35. The number of aryl methyl sites for hydroxylation is 2. The van der Waals surface area contributed by atoms with Crippen molar-refractivity contribution >= 4 is 10.0 Å². The lowest BCUT2D eigenvalue weighted by Crippen LogP contribution is -2.34. The molecule has 0 bridgehead atoms. The predicted molar refractivity (Wildman–Crippen MR) is 89.6 cm³/mol. The molecule has 2 rings (SSSR count). The van der Waals surface area contributed by atoms with Crippen LogP contribution in [0.5, 0.6) is 0 Å². The second-order valence-corrected chi connectivity index (χ2v) is 7.37. The van der Waals surface area contributed by atoms with E-state index in [9.17, 15) is 8.42 Å². The van der Waals surface area contributed by atoms with Gasteiger partial charge in [-0.25, -0.2) is 8.42 Å². The molecule has 0 spiro atoms. The standard InChI is InChI=1S/C17H22N2O3S/c1-14-6-7-15(2)17(11-14)23(20,21)19(9-10-22-3)13-16-5-4-8-18-12-16/h4-8,11-12H,9-10,13H2,1-3H3. The average Bonchev–Trinajstić information content (AvgIpc) is 2.54. The number of benzene rings is 1. The van der Waals surface area contributed by atoms with Gasteiger partial charge < -0.3 is 4.74 Å². The van der Waals surface area contributed by atoms with Gasteiger partial charge in [0.15, 0.2) is 0 Å². The monoisotopic (exact) mass is 334 g/mol. The summed E-state index contributed by atoms with van der Waals surface area (Å²) in [6, 6.07) is 9.13. The van der Waals surface area contributed by atoms with E-state index in [1.807, 2.05) is 32.0 Å². The van der Waals surface area contributed by atoms with Gasteiger partial charge in [-0.2, -0.15) is 4.31 Å². The van der Waals surface area contributed by atoms with E-state index in [0.717, 1.165) is 16.7 Å². The SMILES string of the molecule is COCCN(Cc1cccnc1)S(=O)(=O)c1cc(C)ccc1C. The minimum Gasteiger partial charge on any atom is -0.383 e. The van der Waals surface area contributed by atoms with Crippen molar-refractivity contribution in [1.29, 1.82) is 0 Å². The smallest absolute Gasteiger partial charge is 0.243 e. The number of pyridine rings is 1. The van der Waals surface area contributed by atoms with Crippen LogP contribution in [0.15, 0.2) is 47.6 Å². The van der Waals surface area contributed by atoms with E-state index >= 15 is 0 Å². The summed E-state index contributed by atoms with van der Waals surface area (Å²) in [5.41, 5.74) is 2.50. The van der Waals surface area contributed by atoms with Gasteiger partial charge in [0.2, 0.25) is 10.0 Å². The fourth-order valence-electron chi connectivity index (χ4n) is 2.30. The van der Waals surface area contributed by atoms with Crippen LogP contribution in [0.4, 0.5) is 0 Å². The zero-order chi connectivity index (χ0) is 16.9. The maximum absolute atomic E-state index is 13.1. The van der Waals surface area contributed by atoms with Crippen LogP contribution in [0.2, 0.25) is 0 Å². The third kappa shape index (κ3) is 4.37. The Hall–Kier alpha value is -1.76. The molecule has 1 heterocycles. The molecule has 0 saturated heterocycles. The molecule has 1 aromatic heterocycles. The van der Waals surface area contributed by atoms with Crippen LogP contribution in [0.1, 0.15) is 16.7 Å². The minimum atomic E-state index is -3.60. The molecule has 0 aliphatic carbocycles. The Morgan fingerprint density at radius 3 is 2.65 bits per heavy atom. The third-order valence-electron chi connectivity index (χ3n) is 3.59. The predicted octanol–water partition coefficient (Wildman–Crippen LogP) is 2.54.